The Balaban J connectivity index is 1.60. The van der Waals surface area contributed by atoms with E-state index in [-0.39, 0.29) is 11.6 Å². The van der Waals surface area contributed by atoms with E-state index in [2.05, 4.69) is 20.9 Å². The van der Waals surface area contributed by atoms with Crippen LogP contribution < -0.4 is 20.7 Å². The van der Waals surface area contributed by atoms with Crippen LogP contribution in [0.2, 0.25) is 5.02 Å². The fraction of sp³-hybridized carbons (Fsp3) is 0.0952. The van der Waals surface area contributed by atoms with Gasteiger partial charge < -0.3 is 20.7 Å². The maximum absolute atomic E-state index is 12.9. The van der Waals surface area contributed by atoms with Gasteiger partial charge in [-0.1, -0.05) is 11.6 Å². The molecule has 0 bridgehead atoms. The Morgan fingerprint density at radius 1 is 1.00 bits per heavy atom. The molecule has 0 aliphatic rings. The topological polar surface area (TPSA) is 92.4 Å². The molecule has 3 aromatic rings. The van der Waals surface area contributed by atoms with Gasteiger partial charge in [-0.25, -0.2) is 9.18 Å². The first kappa shape index (κ1) is 21.1. The van der Waals surface area contributed by atoms with Crippen LogP contribution in [-0.4, -0.2) is 24.0 Å². The van der Waals surface area contributed by atoms with Crippen molar-refractivity contribution in [2.24, 2.45) is 0 Å². The van der Waals surface area contributed by atoms with Crippen LogP contribution in [-0.2, 0) is 6.67 Å². The van der Waals surface area contributed by atoms with Crippen molar-refractivity contribution in [3.8, 4) is 11.5 Å². The van der Waals surface area contributed by atoms with Crippen molar-refractivity contribution in [3.05, 3.63) is 77.1 Å². The number of rotatable bonds is 6. The van der Waals surface area contributed by atoms with Gasteiger partial charge in [-0.2, -0.15) is 0 Å². The van der Waals surface area contributed by atoms with Gasteiger partial charge in [0.2, 0.25) is 0 Å². The molecule has 0 spiro atoms. The number of hydrogen-bond donors (Lipinski definition) is 3. The monoisotopic (exact) mass is 428 g/mol. The normalized spacial score (nSPS) is 10.2. The second-order valence-corrected chi connectivity index (χ2v) is 6.51. The number of amides is 3. The van der Waals surface area contributed by atoms with Gasteiger partial charge in [0.25, 0.3) is 5.91 Å². The quantitative estimate of drug-likeness (QED) is 0.515. The summed E-state index contributed by atoms with van der Waals surface area (Å²) in [6.07, 6.45) is 1.48. The lowest BCUT2D eigenvalue weighted by Gasteiger charge is -2.10. The summed E-state index contributed by atoms with van der Waals surface area (Å²) < 4.78 is 18.6. The van der Waals surface area contributed by atoms with E-state index in [1.165, 1.54) is 31.4 Å². The molecular formula is C21H18ClFN4O3. The Kier molecular flexibility index (Phi) is 6.82. The molecular weight excluding hydrogens is 411 g/mol. The van der Waals surface area contributed by atoms with E-state index in [0.717, 1.165) is 0 Å². The van der Waals surface area contributed by atoms with E-state index in [4.69, 9.17) is 16.3 Å². The largest absolute Gasteiger partial charge is 0.457 e. The molecule has 0 radical (unpaired) electrons. The molecule has 1 aromatic heterocycles. The van der Waals surface area contributed by atoms with Crippen molar-refractivity contribution in [3.63, 3.8) is 0 Å². The van der Waals surface area contributed by atoms with Gasteiger partial charge in [0.1, 0.15) is 23.9 Å². The maximum Gasteiger partial charge on any atom is 0.323 e. The van der Waals surface area contributed by atoms with Gasteiger partial charge in [0.05, 0.1) is 0 Å². The summed E-state index contributed by atoms with van der Waals surface area (Å²) in [6.45, 7) is -0.723. The third kappa shape index (κ3) is 5.45. The fourth-order valence-electron chi connectivity index (χ4n) is 2.52. The summed E-state index contributed by atoms with van der Waals surface area (Å²) in [4.78, 5) is 27.8. The highest BCUT2D eigenvalue weighted by Crippen LogP contribution is 2.24. The van der Waals surface area contributed by atoms with Crippen molar-refractivity contribution >= 4 is 34.9 Å². The van der Waals surface area contributed by atoms with Crippen molar-refractivity contribution in [1.82, 2.24) is 10.3 Å². The first-order valence-electron chi connectivity index (χ1n) is 8.87. The molecule has 0 aliphatic heterocycles. The molecule has 0 fully saturated rings. The predicted octanol–water partition coefficient (Wildman–Crippen LogP) is 5.00. The highest BCUT2D eigenvalue weighted by atomic mass is 35.5. The van der Waals surface area contributed by atoms with E-state index >= 15 is 0 Å². The van der Waals surface area contributed by atoms with E-state index in [1.54, 1.807) is 36.4 Å². The zero-order chi connectivity index (χ0) is 21.5. The lowest BCUT2D eigenvalue weighted by Crippen LogP contribution is -2.19. The van der Waals surface area contributed by atoms with Crippen molar-refractivity contribution in [2.45, 2.75) is 6.67 Å². The van der Waals surface area contributed by atoms with E-state index < -0.39 is 12.7 Å². The standard InChI is InChI=1S/C21H18ClFN4O3/c1-24-20(28)19-11-17(8-9-25-19)30-16-5-2-14(3-6-16)26-21(29)27-15-4-7-18(22)13(10-15)12-23/h2-11H,12H2,1H3,(H,24,28)(H2,26,27,29). The van der Waals surface area contributed by atoms with Gasteiger partial charge in [-0.3, -0.25) is 9.78 Å². The molecule has 0 atom stereocenters. The van der Waals surface area contributed by atoms with Crippen LogP contribution in [0.25, 0.3) is 0 Å². The average molecular weight is 429 g/mol. The molecule has 30 heavy (non-hydrogen) atoms. The number of carbonyl (C=O) groups is 2. The molecule has 0 unspecified atom stereocenters. The molecule has 154 valence electrons. The maximum atomic E-state index is 12.9. The molecule has 7 nitrogen and oxygen atoms in total. The Morgan fingerprint density at radius 2 is 1.70 bits per heavy atom. The number of aromatic nitrogens is 1. The molecule has 2 aromatic carbocycles. The number of alkyl halides is 1. The molecule has 0 aliphatic carbocycles. The van der Waals surface area contributed by atoms with Crippen molar-refractivity contribution in [2.75, 3.05) is 17.7 Å². The van der Waals surface area contributed by atoms with E-state index in [1.807, 2.05) is 0 Å². The van der Waals surface area contributed by atoms with Gasteiger partial charge in [0.15, 0.2) is 0 Å². The number of ether oxygens (including phenoxy) is 1. The van der Waals surface area contributed by atoms with Crippen LogP contribution in [0.1, 0.15) is 16.1 Å². The lowest BCUT2D eigenvalue weighted by atomic mass is 10.2. The minimum atomic E-state index is -0.723. The molecule has 9 heteroatoms. The SMILES string of the molecule is CNC(=O)c1cc(Oc2ccc(NC(=O)Nc3ccc(Cl)c(CF)c3)cc2)ccn1. The number of pyridine rings is 1. The number of anilines is 2. The van der Waals surface area contributed by atoms with Gasteiger partial charge in [-0.05, 0) is 48.5 Å². The molecule has 3 rings (SSSR count). The highest BCUT2D eigenvalue weighted by molar-refractivity contribution is 6.31. The Morgan fingerprint density at radius 3 is 2.40 bits per heavy atom. The third-order valence-electron chi connectivity index (χ3n) is 3.99. The van der Waals surface area contributed by atoms with Gasteiger partial charge >= 0.3 is 6.03 Å². The predicted molar refractivity (Wildman–Crippen MR) is 113 cm³/mol. The second-order valence-electron chi connectivity index (χ2n) is 6.10. The summed E-state index contributed by atoms with van der Waals surface area (Å²) in [6, 6.07) is 13.9. The molecule has 0 saturated carbocycles. The third-order valence-corrected chi connectivity index (χ3v) is 4.36. The summed E-state index contributed by atoms with van der Waals surface area (Å²) in [5, 5.41) is 8.09. The average Bonchev–Trinajstić information content (AvgIpc) is 2.76. The number of benzene rings is 2. The van der Waals surface area contributed by atoms with Crippen LogP contribution in [0.5, 0.6) is 11.5 Å². The zero-order valence-electron chi connectivity index (χ0n) is 15.9. The van der Waals surface area contributed by atoms with Crippen LogP contribution in [0.15, 0.2) is 60.8 Å². The molecule has 3 amide bonds. The Bertz CT molecular complexity index is 1060. The van der Waals surface area contributed by atoms with Gasteiger partial charge in [0, 0.05) is 41.3 Å². The number of nitrogens with zero attached hydrogens (tertiary/aromatic N) is 1. The van der Waals surface area contributed by atoms with Crippen LogP contribution in [0.3, 0.4) is 0 Å². The molecule has 3 N–H and O–H groups in total. The van der Waals surface area contributed by atoms with E-state index in [9.17, 15) is 14.0 Å². The van der Waals surface area contributed by atoms with Crippen LogP contribution >= 0.6 is 11.6 Å². The number of halogens is 2. The van der Waals surface area contributed by atoms with Crippen molar-refractivity contribution < 1.29 is 18.7 Å². The number of carbonyl (C=O) groups excluding carboxylic acids is 2. The zero-order valence-corrected chi connectivity index (χ0v) is 16.7. The number of hydrogen-bond acceptors (Lipinski definition) is 4. The van der Waals surface area contributed by atoms with Crippen LogP contribution in [0, 0.1) is 0 Å². The first-order chi connectivity index (χ1) is 14.5. The first-order valence-corrected chi connectivity index (χ1v) is 9.24. The smallest absolute Gasteiger partial charge is 0.323 e. The second kappa shape index (κ2) is 9.71. The van der Waals surface area contributed by atoms with Crippen LogP contribution in [0.4, 0.5) is 20.6 Å². The minimum Gasteiger partial charge on any atom is -0.457 e. The summed E-state index contributed by atoms with van der Waals surface area (Å²) in [5.41, 5.74) is 1.49. The fourth-order valence-corrected chi connectivity index (χ4v) is 2.69. The Labute approximate surface area is 177 Å². The highest BCUT2D eigenvalue weighted by Gasteiger charge is 2.08. The van der Waals surface area contributed by atoms with E-state index in [0.29, 0.717) is 33.5 Å². The Hall–Kier alpha value is -3.65. The minimum absolute atomic E-state index is 0.239. The number of urea groups is 1. The van der Waals surface area contributed by atoms with Crippen molar-refractivity contribution in [1.29, 1.82) is 0 Å². The van der Waals surface area contributed by atoms with Gasteiger partial charge in [-0.15, -0.1) is 0 Å². The number of nitrogens with one attached hydrogen (secondary N) is 3. The molecule has 0 saturated heterocycles. The summed E-state index contributed by atoms with van der Waals surface area (Å²) in [7, 11) is 1.52. The lowest BCUT2D eigenvalue weighted by molar-refractivity contribution is 0.0958. The molecule has 1 heterocycles. The summed E-state index contributed by atoms with van der Waals surface area (Å²) in [5.74, 6) is 0.652. The summed E-state index contributed by atoms with van der Waals surface area (Å²) >= 11 is 5.86.